The van der Waals surface area contributed by atoms with Gasteiger partial charge >= 0.3 is 7.54 Å². The highest BCUT2D eigenvalue weighted by Crippen LogP contribution is 1.99. The van der Waals surface area contributed by atoms with E-state index >= 15 is 0 Å². The van der Waals surface area contributed by atoms with Gasteiger partial charge in [0.15, 0.2) is 6.34 Å². The third-order valence-corrected chi connectivity index (χ3v) is 0.901. The van der Waals surface area contributed by atoms with E-state index in [0.717, 1.165) is 4.48 Å². The van der Waals surface area contributed by atoms with Crippen LogP contribution in [0.5, 0.6) is 0 Å². The summed E-state index contributed by atoms with van der Waals surface area (Å²) in [5, 5.41) is 0. The molecule has 0 unspecified atom stereocenters. The Hall–Kier alpha value is -0.845. The quantitative estimate of drug-likeness (QED) is 0.246. The van der Waals surface area contributed by atoms with Gasteiger partial charge in [-0.05, 0) is 0 Å². The van der Waals surface area contributed by atoms with Crippen LogP contribution in [-0.4, -0.2) is 32.5 Å². The Morgan fingerprint density at radius 2 is 1.67 bits per heavy atom. The van der Waals surface area contributed by atoms with Crippen molar-refractivity contribution in [1.82, 2.24) is 0 Å². The molecular formula is C5H9BF4N2. The van der Waals surface area contributed by atoms with E-state index in [1.54, 1.807) is 6.20 Å². The van der Waals surface area contributed by atoms with Crippen molar-refractivity contribution in [2.45, 2.75) is 0 Å². The number of hydrogen-bond donors (Lipinski definition) is 0. The molecule has 0 fully saturated rings. The van der Waals surface area contributed by atoms with Crippen molar-refractivity contribution in [2.24, 2.45) is 4.99 Å². The maximum Gasteiger partial charge on any atom is 0.762 e. The molecule has 70 valence electrons. The largest absolute Gasteiger partial charge is 1.00 e. The van der Waals surface area contributed by atoms with Crippen LogP contribution in [0.15, 0.2) is 17.4 Å². The maximum absolute atomic E-state index is 9.67. The molecule has 7 heteroatoms. The van der Waals surface area contributed by atoms with Crippen LogP contribution in [0.3, 0.4) is 0 Å². The first-order valence-electron chi connectivity index (χ1n) is 2.92. The van der Waals surface area contributed by atoms with Gasteiger partial charge in [0.2, 0.25) is 0 Å². The lowest BCUT2D eigenvalue weighted by Crippen LogP contribution is -3.00. The third-order valence-electron chi connectivity index (χ3n) is 0.901. The first kappa shape index (κ1) is 13.7. The van der Waals surface area contributed by atoms with Gasteiger partial charge in [-0.2, -0.15) is 0 Å². The molecule has 1 aliphatic heterocycles. The monoisotopic (exact) mass is 184 g/mol. The van der Waals surface area contributed by atoms with Crippen molar-refractivity contribution >= 4 is 13.9 Å². The highest BCUT2D eigenvalue weighted by atomic mass is 19.4. The molecule has 1 heterocycles. The Morgan fingerprint density at radius 1 is 1.25 bits per heavy atom. The van der Waals surface area contributed by atoms with Crippen LogP contribution in [0.4, 0.5) is 12.9 Å². The van der Waals surface area contributed by atoms with Crippen LogP contribution in [-0.2, 0) is 0 Å². The summed E-state index contributed by atoms with van der Waals surface area (Å²) < 4.78 is 29.8. The Balaban J connectivity index is 0. The number of hydrogen-bond acceptors (Lipinski definition) is 1. The molecule has 0 aromatic carbocycles. The molecule has 0 aromatic heterocycles. The normalized spacial score (nSPS) is 16.1. The van der Waals surface area contributed by atoms with Crippen LogP contribution in [0.1, 0.15) is 0 Å². The zero-order valence-electron chi connectivity index (χ0n) is 6.72. The van der Waals surface area contributed by atoms with E-state index in [1.165, 1.54) is 0 Å². The molecule has 2 nitrogen and oxygen atoms in total. The molecule has 0 saturated heterocycles. The van der Waals surface area contributed by atoms with Gasteiger partial charge in [-0.15, -0.1) is 0 Å². The molecule has 0 N–H and O–H groups in total. The van der Waals surface area contributed by atoms with Crippen molar-refractivity contribution in [1.29, 1.82) is 0 Å². The number of quaternary nitrogens is 1. The van der Waals surface area contributed by atoms with Gasteiger partial charge in [-0.1, -0.05) is 0 Å². The third kappa shape index (κ3) is 9.15. The summed E-state index contributed by atoms with van der Waals surface area (Å²) in [6.45, 7) is 0. The molecule has 1 aliphatic rings. The molecule has 0 aliphatic carbocycles. The minimum atomic E-state index is -3.67. The van der Waals surface area contributed by atoms with E-state index in [2.05, 4.69) is 19.1 Å². The van der Waals surface area contributed by atoms with Crippen LogP contribution < -0.4 is 4.70 Å². The van der Waals surface area contributed by atoms with E-state index in [0.29, 0.717) is 0 Å². The van der Waals surface area contributed by atoms with E-state index in [4.69, 9.17) is 0 Å². The molecule has 0 aromatic rings. The smallest absolute Gasteiger partial charge is 0.762 e. The molecule has 0 radical (unpaired) electrons. The summed E-state index contributed by atoms with van der Waals surface area (Å²) in [4.78, 5) is 3.90. The van der Waals surface area contributed by atoms with Gasteiger partial charge in [0.05, 0.1) is 20.3 Å². The van der Waals surface area contributed by atoms with Crippen molar-refractivity contribution in [3.63, 3.8) is 0 Å². The minimum absolute atomic E-state index is 0. The fourth-order valence-electron chi connectivity index (χ4n) is 0.459. The molecule has 0 saturated carbocycles. The Bertz CT molecular complexity index is 152. The van der Waals surface area contributed by atoms with Crippen LogP contribution >= 0.6 is 0 Å². The molecule has 12 heavy (non-hydrogen) atoms. The average molecular weight is 184 g/mol. The topological polar surface area (TPSA) is 12.4 Å². The number of rotatable bonds is 0. The SMILES string of the molecule is C[N+]1(C)C=CN=C1.FB(F)F.[F-]. The zero-order chi connectivity index (χ0) is 8.91. The van der Waals surface area contributed by atoms with E-state index in [-0.39, 0.29) is 4.70 Å². The lowest BCUT2D eigenvalue weighted by atomic mass is 10.5. The summed E-state index contributed by atoms with van der Waals surface area (Å²) in [5.41, 5.74) is 0. The second kappa shape index (κ2) is 5.76. The van der Waals surface area contributed by atoms with Gasteiger partial charge in [-0.25, -0.2) is 4.99 Å². The number of halogens is 4. The molecule has 0 spiro atoms. The highest BCUT2D eigenvalue weighted by molar-refractivity contribution is 6.33. The summed E-state index contributed by atoms with van der Waals surface area (Å²) in [6.07, 6.45) is 5.69. The first-order valence-corrected chi connectivity index (χ1v) is 2.92. The van der Waals surface area contributed by atoms with Crippen LogP contribution in [0.25, 0.3) is 0 Å². The standard InChI is InChI=1S/C5H9N2.BF3.FH/c1-7(2)4-3-6-5-7;2-1(3)4;/h3-5H,1-2H3;;1H/q+1;;/p-1. The van der Waals surface area contributed by atoms with Crippen molar-refractivity contribution in [3.05, 3.63) is 12.4 Å². The molecular weight excluding hydrogens is 175 g/mol. The van der Waals surface area contributed by atoms with Crippen molar-refractivity contribution in [3.8, 4) is 0 Å². The summed E-state index contributed by atoms with van der Waals surface area (Å²) in [7, 11) is 0.458. The molecule has 0 atom stereocenters. The van der Waals surface area contributed by atoms with E-state index < -0.39 is 7.54 Å². The van der Waals surface area contributed by atoms with Gasteiger partial charge < -0.3 is 4.70 Å². The molecule has 0 amide bonds. The molecule has 1 rings (SSSR count). The van der Waals surface area contributed by atoms with E-state index in [1.807, 2.05) is 12.5 Å². The average Bonchev–Trinajstić information content (AvgIpc) is 2.11. The summed E-state index contributed by atoms with van der Waals surface area (Å²) >= 11 is 0. The first-order chi connectivity index (χ1) is 4.94. The Morgan fingerprint density at radius 3 is 1.75 bits per heavy atom. The Labute approximate surface area is 68.6 Å². The fraction of sp³-hybridized carbons (Fsp3) is 0.400. The number of nitrogens with zero attached hydrogens (tertiary/aromatic N) is 2. The fourth-order valence-corrected chi connectivity index (χ4v) is 0.459. The van der Waals surface area contributed by atoms with Crippen LogP contribution in [0, 0.1) is 0 Å². The van der Waals surface area contributed by atoms with Crippen molar-refractivity contribution < 1.29 is 22.1 Å². The zero-order valence-corrected chi connectivity index (χ0v) is 6.72. The van der Waals surface area contributed by atoms with Gasteiger partial charge in [0, 0.05) is 0 Å². The maximum atomic E-state index is 9.67. The minimum Gasteiger partial charge on any atom is -1.00 e. The lowest BCUT2D eigenvalue weighted by Gasteiger charge is -2.12. The van der Waals surface area contributed by atoms with Gasteiger partial charge in [-0.3, -0.25) is 17.4 Å². The summed E-state index contributed by atoms with van der Waals surface area (Å²) in [5.74, 6) is 0. The second-order valence-corrected chi connectivity index (χ2v) is 2.44. The Kier molecular flexibility index (Phi) is 6.59. The van der Waals surface area contributed by atoms with Gasteiger partial charge in [0.25, 0.3) is 0 Å². The molecule has 0 bridgehead atoms. The lowest BCUT2D eigenvalue weighted by molar-refractivity contribution is -0.732. The van der Waals surface area contributed by atoms with Crippen LogP contribution in [0.2, 0.25) is 0 Å². The highest BCUT2D eigenvalue weighted by Gasteiger charge is 2.09. The van der Waals surface area contributed by atoms with Gasteiger partial charge in [0.1, 0.15) is 6.20 Å². The second-order valence-electron chi connectivity index (χ2n) is 2.44. The van der Waals surface area contributed by atoms with Crippen molar-refractivity contribution in [2.75, 3.05) is 14.1 Å². The summed E-state index contributed by atoms with van der Waals surface area (Å²) in [6, 6.07) is 0. The number of aliphatic imine (C=N–C) groups is 1. The predicted molar refractivity (Wildman–Crippen MR) is 38.8 cm³/mol. The predicted octanol–water partition coefficient (Wildman–Crippen LogP) is -1.54. The van der Waals surface area contributed by atoms with E-state index in [9.17, 15) is 12.9 Å².